The van der Waals surface area contributed by atoms with E-state index in [1.807, 2.05) is 32.0 Å². The van der Waals surface area contributed by atoms with Gasteiger partial charge in [0.1, 0.15) is 17.7 Å². The molecule has 2 aromatic rings. The van der Waals surface area contributed by atoms with Crippen molar-refractivity contribution >= 4 is 6.09 Å². The van der Waals surface area contributed by atoms with Crippen molar-refractivity contribution in [3.05, 3.63) is 52.3 Å². The number of carbonyl (C=O) groups is 1. The number of fused-ring (bicyclic) bond motifs is 4. The van der Waals surface area contributed by atoms with E-state index in [-0.39, 0.29) is 17.3 Å². The van der Waals surface area contributed by atoms with Gasteiger partial charge in [0, 0.05) is 18.2 Å². The number of carbonyl (C=O) groups excluding carboxylic acids is 1. The molecular formula is C31H40FN2O3-. The predicted molar refractivity (Wildman–Crippen MR) is 142 cm³/mol. The second kappa shape index (κ2) is 9.94. The molecule has 3 saturated heterocycles. The van der Waals surface area contributed by atoms with Crippen LogP contribution in [0, 0.1) is 31.0 Å². The van der Waals surface area contributed by atoms with Crippen molar-refractivity contribution < 1.29 is 19.0 Å². The highest BCUT2D eigenvalue weighted by molar-refractivity contribution is 5.70. The van der Waals surface area contributed by atoms with Gasteiger partial charge in [-0.1, -0.05) is 20.8 Å². The predicted octanol–water partition coefficient (Wildman–Crippen LogP) is 5.65. The Morgan fingerprint density at radius 1 is 1.16 bits per heavy atom. The number of benzene rings is 2. The molecule has 200 valence electrons. The van der Waals surface area contributed by atoms with Crippen LogP contribution in [0.1, 0.15) is 74.8 Å². The number of hydrogen-bond donors (Lipinski definition) is 0. The first-order chi connectivity index (χ1) is 17.6. The van der Waals surface area contributed by atoms with Gasteiger partial charge in [0.05, 0.1) is 12.6 Å². The molecule has 0 spiro atoms. The molecule has 0 N–H and O–H groups in total. The van der Waals surface area contributed by atoms with E-state index in [0.717, 1.165) is 85.3 Å². The highest BCUT2D eigenvalue weighted by Crippen LogP contribution is 2.50. The smallest absolute Gasteiger partial charge is 0.137 e. The van der Waals surface area contributed by atoms with E-state index in [1.54, 1.807) is 11.0 Å². The molecule has 2 bridgehead atoms. The van der Waals surface area contributed by atoms with E-state index in [1.165, 1.54) is 0 Å². The van der Waals surface area contributed by atoms with Crippen molar-refractivity contribution in [1.29, 1.82) is 0 Å². The van der Waals surface area contributed by atoms with E-state index in [2.05, 4.69) is 25.7 Å². The van der Waals surface area contributed by atoms with E-state index in [0.29, 0.717) is 18.1 Å². The summed E-state index contributed by atoms with van der Waals surface area (Å²) in [5.41, 5.74) is 4.89. The summed E-state index contributed by atoms with van der Waals surface area (Å²) in [6.45, 7) is 13.8. The summed E-state index contributed by atoms with van der Waals surface area (Å²) in [4.78, 5) is 16.7. The maximum Gasteiger partial charge on any atom is 0.137 e. The molecule has 3 aliphatic heterocycles. The van der Waals surface area contributed by atoms with Gasteiger partial charge in [-0.2, -0.15) is 0 Å². The Labute approximate surface area is 220 Å². The van der Waals surface area contributed by atoms with Crippen LogP contribution in [0.4, 0.5) is 9.18 Å². The highest BCUT2D eigenvalue weighted by Gasteiger charge is 2.46. The lowest BCUT2D eigenvalue weighted by Crippen LogP contribution is -2.63. The summed E-state index contributed by atoms with van der Waals surface area (Å²) >= 11 is 0. The SMILES string of the molecule is CCCOc1c(C)cc(-c2cc3c(cc2F)[C@H](N(C(=O)[O-])[C@@H]2CN4CCC2CC4)C(C)(C)CC3)cc1C. The van der Waals surface area contributed by atoms with E-state index in [4.69, 9.17) is 4.74 Å². The van der Waals surface area contributed by atoms with Crippen molar-refractivity contribution in [1.82, 2.24) is 9.80 Å². The lowest BCUT2D eigenvalue weighted by molar-refractivity contribution is -0.277. The summed E-state index contributed by atoms with van der Waals surface area (Å²) in [5.74, 6) is 0.898. The Bertz CT molecular complexity index is 1160. The molecule has 6 heteroatoms. The van der Waals surface area contributed by atoms with Crippen molar-refractivity contribution in [3.63, 3.8) is 0 Å². The number of rotatable bonds is 6. The number of aryl methyl sites for hydroxylation is 3. The lowest BCUT2D eigenvalue weighted by atomic mass is 9.68. The molecule has 3 heterocycles. The monoisotopic (exact) mass is 507 g/mol. The van der Waals surface area contributed by atoms with Crippen molar-refractivity contribution in [2.24, 2.45) is 11.3 Å². The number of ether oxygens (including phenoxy) is 1. The van der Waals surface area contributed by atoms with Crippen LogP contribution in [-0.4, -0.2) is 48.2 Å². The fourth-order valence-corrected chi connectivity index (χ4v) is 7.09. The van der Waals surface area contributed by atoms with E-state index in [9.17, 15) is 9.90 Å². The second-order valence-electron chi connectivity index (χ2n) is 12.1. The molecule has 5 nitrogen and oxygen atoms in total. The Morgan fingerprint density at radius 3 is 2.41 bits per heavy atom. The Morgan fingerprint density at radius 2 is 1.84 bits per heavy atom. The zero-order chi connectivity index (χ0) is 26.5. The van der Waals surface area contributed by atoms with Crippen molar-refractivity contribution in [3.8, 4) is 16.9 Å². The van der Waals surface area contributed by atoms with E-state index < -0.39 is 12.1 Å². The summed E-state index contributed by atoms with van der Waals surface area (Å²) in [7, 11) is 0. The molecule has 1 amide bonds. The maximum absolute atomic E-state index is 15.9. The molecule has 0 radical (unpaired) electrons. The van der Waals surface area contributed by atoms with Gasteiger partial charge in [-0.05, 0) is 122 Å². The minimum absolute atomic E-state index is 0.105. The first-order valence-corrected chi connectivity index (χ1v) is 13.9. The molecule has 0 saturated carbocycles. The van der Waals surface area contributed by atoms with Crippen LogP contribution in [0.25, 0.3) is 11.1 Å². The quantitative estimate of drug-likeness (QED) is 0.507. The van der Waals surface area contributed by atoms with E-state index >= 15 is 4.39 Å². The first-order valence-electron chi connectivity index (χ1n) is 13.9. The van der Waals surface area contributed by atoms with Gasteiger partial charge in [0.2, 0.25) is 0 Å². The Kier molecular flexibility index (Phi) is 6.99. The zero-order valence-electron chi connectivity index (χ0n) is 22.9. The van der Waals surface area contributed by atoms with Crippen LogP contribution in [0.5, 0.6) is 5.75 Å². The fraction of sp³-hybridized carbons (Fsp3) is 0.581. The average molecular weight is 508 g/mol. The first kappa shape index (κ1) is 26.0. The molecule has 4 aliphatic rings. The van der Waals surface area contributed by atoms with Crippen LogP contribution in [0.15, 0.2) is 24.3 Å². The van der Waals surface area contributed by atoms with Crippen molar-refractivity contribution in [2.45, 2.75) is 78.8 Å². The van der Waals surface area contributed by atoms with Crippen LogP contribution in [0.3, 0.4) is 0 Å². The van der Waals surface area contributed by atoms with Gasteiger partial charge >= 0.3 is 0 Å². The molecule has 0 aromatic heterocycles. The normalized spacial score (nSPS) is 26.0. The van der Waals surface area contributed by atoms with Gasteiger partial charge < -0.3 is 24.4 Å². The topological polar surface area (TPSA) is 55.8 Å². The zero-order valence-corrected chi connectivity index (χ0v) is 22.9. The van der Waals surface area contributed by atoms with Gasteiger partial charge in [-0.3, -0.25) is 0 Å². The third-order valence-corrected chi connectivity index (χ3v) is 8.99. The van der Waals surface area contributed by atoms with Gasteiger partial charge in [0.15, 0.2) is 0 Å². The highest BCUT2D eigenvalue weighted by atomic mass is 19.1. The third-order valence-electron chi connectivity index (χ3n) is 8.99. The number of nitrogens with zero attached hydrogens (tertiary/aromatic N) is 2. The average Bonchev–Trinajstić information content (AvgIpc) is 2.85. The van der Waals surface area contributed by atoms with Gasteiger partial charge in [-0.25, -0.2) is 4.39 Å². The Hall–Kier alpha value is -2.60. The van der Waals surface area contributed by atoms with Crippen LogP contribution >= 0.6 is 0 Å². The number of carboxylic acid groups (broad SMARTS) is 1. The molecule has 2 atom stereocenters. The molecule has 0 unspecified atom stereocenters. The molecule has 6 rings (SSSR count). The van der Waals surface area contributed by atoms with Crippen LogP contribution in [0.2, 0.25) is 0 Å². The van der Waals surface area contributed by atoms with Crippen LogP contribution in [-0.2, 0) is 6.42 Å². The van der Waals surface area contributed by atoms with Gasteiger partial charge in [-0.15, -0.1) is 0 Å². The lowest BCUT2D eigenvalue weighted by Gasteiger charge is -2.56. The molecule has 1 aliphatic carbocycles. The molecule has 2 aromatic carbocycles. The number of piperidine rings is 3. The molecule has 37 heavy (non-hydrogen) atoms. The fourth-order valence-electron chi connectivity index (χ4n) is 7.09. The second-order valence-corrected chi connectivity index (χ2v) is 12.1. The standard InChI is InChI=1S/C31H41FN2O3/c1-6-13-37-28-19(2)14-23(15-20(28)3)24-16-22-7-10-31(4,5)29(25(22)17-26(24)32)34(30(35)36)27-18-33-11-8-21(27)9-12-33/h14-17,21,27,29H,6-13,18H2,1-5H3,(H,35,36)/p-1/t27-,29+/m1/s1. The third kappa shape index (κ3) is 4.73. The van der Waals surface area contributed by atoms with Gasteiger partial charge in [0.25, 0.3) is 0 Å². The van der Waals surface area contributed by atoms with Crippen molar-refractivity contribution in [2.75, 3.05) is 26.2 Å². The Balaban J connectivity index is 1.55. The van der Waals surface area contributed by atoms with Crippen LogP contribution < -0.4 is 9.84 Å². The summed E-state index contributed by atoms with van der Waals surface area (Å²) in [5, 5.41) is 12.7. The molecular weight excluding hydrogens is 467 g/mol. The molecule has 3 fully saturated rings. The maximum atomic E-state index is 15.9. The summed E-state index contributed by atoms with van der Waals surface area (Å²) in [6.07, 6.45) is 3.45. The number of hydrogen-bond acceptors (Lipinski definition) is 4. The largest absolute Gasteiger partial charge is 0.530 e. The minimum atomic E-state index is -1.14. The number of amides is 1. The number of halogens is 1. The minimum Gasteiger partial charge on any atom is -0.530 e. The summed E-state index contributed by atoms with van der Waals surface area (Å²) < 4.78 is 21.8. The summed E-state index contributed by atoms with van der Waals surface area (Å²) in [6, 6.07) is 7.02.